The molecule has 0 heterocycles. The Morgan fingerprint density at radius 1 is 1.09 bits per heavy atom. The van der Waals surface area contributed by atoms with Gasteiger partial charge in [-0.15, -0.1) is 0 Å². The summed E-state index contributed by atoms with van der Waals surface area (Å²) in [5.74, 6) is 0.800. The zero-order valence-corrected chi connectivity index (χ0v) is 14.1. The summed E-state index contributed by atoms with van der Waals surface area (Å²) in [6, 6.07) is 13.4. The lowest BCUT2D eigenvalue weighted by Gasteiger charge is -2.17. The second kappa shape index (κ2) is 7.68. The maximum Gasteiger partial charge on any atom is 0.255 e. The molecular weight excluding hydrogens is 290 g/mol. The van der Waals surface area contributed by atoms with E-state index in [1.165, 1.54) is 12.7 Å². The molecule has 0 aliphatic rings. The number of methoxy groups -OCH3 is 2. The van der Waals surface area contributed by atoms with E-state index in [4.69, 9.17) is 9.47 Å². The van der Waals surface area contributed by atoms with Crippen molar-refractivity contribution < 1.29 is 14.3 Å². The van der Waals surface area contributed by atoms with Crippen molar-refractivity contribution in [1.29, 1.82) is 0 Å². The molecule has 23 heavy (non-hydrogen) atoms. The van der Waals surface area contributed by atoms with E-state index >= 15 is 0 Å². The van der Waals surface area contributed by atoms with Gasteiger partial charge in [-0.25, -0.2) is 0 Å². The SMILES string of the molecule is CCc1ccc(C(C)NC(=O)c2cccc(OC)c2OC)cc1. The highest BCUT2D eigenvalue weighted by atomic mass is 16.5. The Hall–Kier alpha value is -2.49. The summed E-state index contributed by atoms with van der Waals surface area (Å²) in [4.78, 5) is 12.6. The average molecular weight is 313 g/mol. The lowest BCUT2D eigenvalue weighted by atomic mass is 10.0. The van der Waals surface area contributed by atoms with Gasteiger partial charge in [0.15, 0.2) is 11.5 Å². The van der Waals surface area contributed by atoms with Crippen molar-refractivity contribution in [2.24, 2.45) is 0 Å². The summed E-state index contributed by atoms with van der Waals surface area (Å²) in [6.45, 7) is 4.08. The number of hydrogen-bond donors (Lipinski definition) is 1. The molecule has 4 heteroatoms. The van der Waals surface area contributed by atoms with Gasteiger partial charge in [0.05, 0.1) is 25.8 Å². The van der Waals surface area contributed by atoms with Gasteiger partial charge in [0.1, 0.15) is 0 Å². The molecule has 122 valence electrons. The van der Waals surface area contributed by atoms with Crippen LogP contribution in [-0.4, -0.2) is 20.1 Å². The van der Waals surface area contributed by atoms with Gasteiger partial charge in [-0.3, -0.25) is 4.79 Å². The molecule has 0 aliphatic carbocycles. The minimum absolute atomic E-state index is 0.0932. The molecule has 0 aromatic heterocycles. The number of amides is 1. The Morgan fingerprint density at radius 3 is 2.35 bits per heavy atom. The fourth-order valence-corrected chi connectivity index (χ4v) is 2.47. The third-order valence-electron chi connectivity index (χ3n) is 3.88. The summed E-state index contributed by atoms with van der Waals surface area (Å²) in [5, 5.41) is 3.00. The number of para-hydroxylation sites is 1. The summed E-state index contributed by atoms with van der Waals surface area (Å²) in [7, 11) is 3.08. The molecule has 1 amide bonds. The number of aryl methyl sites for hydroxylation is 1. The summed E-state index contributed by atoms with van der Waals surface area (Å²) < 4.78 is 10.6. The van der Waals surface area contributed by atoms with Crippen LogP contribution < -0.4 is 14.8 Å². The van der Waals surface area contributed by atoms with E-state index < -0.39 is 0 Å². The van der Waals surface area contributed by atoms with Crippen LogP contribution in [0.15, 0.2) is 42.5 Å². The third kappa shape index (κ3) is 3.83. The summed E-state index contributed by atoms with van der Waals surface area (Å²) in [6.07, 6.45) is 1.00. The van der Waals surface area contributed by atoms with Crippen molar-refractivity contribution in [1.82, 2.24) is 5.32 Å². The van der Waals surface area contributed by atoms with Crippen LogP contribution in [0.3, 0.4) is 0 Å². The molecule has 1 unspecified atom stereocenters. The fraction of sp³-hybridized carbons (Fsp3) is 0.316. The first-order valence-electron chi connectivity index (χ1n) is 7.71. The van der Waals surface area contributed by atoms with Gasteiger partial charge >= 0.3 is 0 Å². The van der Waals surface area contributed by atoms with Crippen LogP contribution in [0.4, 0.5) is 0 Å². The van der Waals surface area contributed by atoms with Gasteiger partial charge in [-0.2, -0.15) is 0 Å². The molecule has 4 nitrogen and oxygen atoms in total. The van der Waals surface area contributed by atoms with Crippen molar-refractivity contribution in [2.45, 2.75) is 26.3 Å². The average Bonchev–Trinajstić information content (AvgIpc) is 2.60. The fourth-order valence-electron chi connectivity index (χ4n) is 2.47. The van der Waals surface area contributed by atoms with E-state index in [1.54, 1.807) is 25.3 Å². The molecule has 2 rings (SSSR count). The second-order valence-corrected chi connectivity index (χ2v) is 5.33. The van der Waals surface area contributed by atoms with Gasteiger partial charge in [0, 0.05) is 0 Å². The summed E-state index contributed by atoms with van der Waals surface area (Å²) >= 11 is 0. The van der Waals surface area contributed by atoms with E-state index in [9.17, 15) is 4.79 Å². The normalized spacial score (nSPS) is 11.7. The van der Waals surface area contributed by atoms with Crippen molar-refractivity contribution >= 4 is 5.91 Å². The minimum Gasteiger partial charge on any atom is -0.493 e. The van der Waals surface area contributed by atoms with Gasteiger partial charge in [-0.1, -0.05) is 37.3 Å². The molecule has 0 saturated carbocycles. The quantitative estimate of drug-likeness (QED) is 0.883. The number of ether oxygens (including phenoxy) is 2. The molecule has 0 radical (unpaired) electrons. The number of carbonyl (C=O) groups excluding carboxylic acids is 1. The van der Waals surface area contributed by atoms with Gasteiger partial charge in [0.25, 0.3) is 5.91 Å². The van der Waals surface area contributed by atoms with Crippen LogP contribution in [0.1, 0.15) is 41.4 Å². The largest absolute Gasteiger partial charge is 0.493 e. The molecule has 0 saturated heterocycles. The monoisotopic (exact) mass is 313 g/mol. The summed E-state index contributed by atoms with van der Waals surface area (Å²) in [5.41, 5.74) is 2.81. The molecule has 2 aromatic rings. The number of benzene rings is 2. The first-order chi connectivity index (χ1) is 11.1. The highest BCUT2D eigenvalue weighted by Crippen LogP contribution is 2.31. The number of hydrogen-bond acceptors (Lipinski definition) is 3. The molecule has 0 spiro atoms. The van der Waals surface area contributed by atoms with Gasteiger partial charge in [0.2, 0.25) is 0 Å². The van der Waals surface area contributed by atoms with Crippen LogP contribution in [0.5, 0.6) is 11.5 Å². The van der Waals surface area contributed by atoms with E-state index in [1.807, 2.05) is 19.1 Å². The number of nitrogens with one attached hydrogen (secondary N) is 1. The Labute approximate surface area is 137 Å². The van der Waals surface area contributed by atoms with E-state index in [2.05, 4.69) is 24.4 Å². The highest BCUT2D eigenvalue weighted by Gasteiger charge is 2.18. The van der Waals surface area contributed by atoms with E-state index in [0.29, 0.717) is 17.1 Å². The minimum atomic E-state index is -0.187. The molecule has 1 N–H and O–H groups in total. The van der Waals surface area contributed by atoms with Crippen LogP contribution in [-0.2, 0) is 6.42 Å². The number of rotatable bonds is 6. The van der Waals surface area contributed by atoms with Gasteiger partial charge < -0.3 is 14.8 Å². The molecule has 2 aromatic carbocycles. The second-order valence-electron chi connectivity index (χ2n) is 5.33. The topological polar surface area (TPSA) is 47.6 Å². The Balaban J connectivity index is 2.17. The zero-order chi connectivity index (χ0) is 16.8. The Morgan fingerprint density at radius 2 is 1.78 bits per heavy atom. The Kier molecular flexibility index (Phi) is 5.63. The van der Waals surface area contributed by atoms with E-state index in [0.717, 1.165) is 12.0 Å². The molecule has 0 fully saturated rings. The first kappa shape index (κ1) is 16.9. The predicted octanol–water partition coefficient (Wildman–Crippen LogP) is 3.76. The van der Waals surface area contributed by atoms with Crippen molar-refractivity contribution in [3.63, 3.8) is 0 Å². The number of carbonyl (C=O) groups is 1. The van der Waals surface area contributed by atoms with Crippen molar-refractivity contribution in [3.8, 4) is 11.5 Å². The van der Waals surface area contributed by atoms with Crippen LogP contribution in [0.25, 0.3) is 0 Å². The maximum atomic E-state index is 12.6. The van der Waals surface area contributed by atoms with Gasteiger partial charge in [-0.05, 0) is 36.6 Å². The van der Waals surface area contributed by atoms with Crippen LogP contribution in [0, 0.1) is 0 Å². The van der Waals surface area contributed by atoms with Crippen molar-refractivity contribution in [2.75, 3.05) is 14.2 Å². The predicted molar refractivity (Wildman–Crippen MR) is 91.2 cm³/mol. The molecular formula is C19H23NO3. The standard InChI is InChI=1S/C19H23NO3/c1-5-14-9-11-15(12-10-14)13(2)20-19(21)16-7-6-8-17(22-3)18(16)23-4/h6-13H,5H2,1-4H3,(H,20,21). The molecule has 0 bridgehead atoms. The Bertz CT molecular complexity index is 665. The molecule has 1 atom stereocenters. The lowest BCUT2D eigenvalue weighted by Crippen LogP contribution is -2.27. The maximum absolute atomic E-state index is 12.6. The highest BCUT2D eigenvalue weighted by molar-refractivity contribution is 5.98. The lowest BCUT2D eigenvalue weighted by molar-refractivity contribution is 0.0936. The molecule has 0 aliphatic heterocycles. The smallest absolute Gasteiger partial charge is 0.255 e. The van der Waals surface area contributed by atoms with Crippen LogP contribution in [0.2, 0.25) is 0 Å². The zero-order valence-electron chi connectivity index (χ0n) is 14.1. The third-order valence-corrected chi connectivity index (χ3v) is 3.88. The first-order valence-corrected chi connectivity index (χ1v) is 7.71. The van der Waals surface area contributed by atoms with E-state index in [-0.39, 0.29) is 11.9 Å². The van der Waals surface area contributed by atoms with Crippen molar-refractivity contribution in [3.05, 3.63) is 59.2 Å². The van der Waals surface area contributed by atoms with Crippen LogP contribution >= 0.6 is 0 Å².